The third kappa shape index (κ3) is 1.30. The number of fused-ring (bicyclic) bond motifs is 1. The minimum atomic E-state index is 0.404. The summed E-state index contributed by atoms with van der Waals surface area (Å²) < 4.78 is 1.65. The Morgan fingerprint density at radius 1 is 1.19 bits per heavy atom. The minimum absolute atomic E-state index is 0.404. The summed E-state index contributed by atoms with van der Waals surface area (Å²) in [4.78, 5) is 4.11. The van der Waals surface area contributed by atoms with Gasteiger partial charge in [-0.1, -0.05) is 17.3 Å². The van der Waals surface area contributed by atoms with Crippen LogP contribution >= 0.6 is 0 Å². The molecule has 3 rings (SSSR count). The maximum atomic E-state index is 5.55. The maximum Gasteiger partial charge on any atom is 0.166 e. The molecule has 16 heavy (non-hydrogen) atoms. The summed E-state index contributed by atoms with van der Waals surface area (Å²) in [5.41, 5.74) is 6.48. The number of hydrogen-bond donors (Lipinski definition) is 1. The number of aromatic nitrogens is 4. The molecule has 0 aliphatic heterocycles. The standard InChI is InChI=1S/C11H9N5/c12-11-7-16(15-14-11)10-3-1-2-8-4-5-13-6-9(8)10/h1-7H,12H2. The summed E-state index contributed by atoms with van der Waals surface area (Å²) in [6.07, 6.45) is 5.26. The Bertz CT molecular complexity index is 638. The van der Waals surface area contributed by atoms with E-state index in [0.29, 0.717) is 5.82 Å². The fraction of sp³-hybridized carbons (Fsp3) is 0. The average molecular weight is 211 g/mol. The SMILES string of the molecule is Nc1cn(-c2cccc3ccncc23)nn1. The van der Waals surface area contributed by atoms with Crippen LogP contribution in [-0.2, 0) is 0 Å². The number of nitrogens with zero attached hydrogens (tertiary/aromatic N) is 4. The summed E-state index contributed by atoms with van der Waals surface area (Å²) in [6, 6.07) is 7.91. The van der Waals surface area contributed by atoms with Gasteiger partial charge in [-0.3, -0.25) is 4.98 Å². The monoisotopic (exact) mass is 211 g/mol. The van der Waals surface area contributed by atoms with Crippen molar-refractivity contribution in [1.29, 1.82) is 0 Å². The van der Waals surface area contributed by atoms with E-state index in [1.807, 2.05) is 30.5 Å². The van der Waals surface area contributed by atoms with Gasteiger partial charge in [0.05, 0.1) is 11.9 Å². The van der Waals surface area contributed by atoms with Gasteiger partial charge < -0.3 is 5.73 Å². The molecule has 0 amide bonds. The van der Waals surface area contributed by atoms with Gasteiger partial charge in [-0.2, -0.15) is 0 Å². The van der Waals surface area contributed by atoms with E-state index in [2.05, 4.69) is 15.3 Å². The van der Waals surface area contributed by atoms with Gasteiger partial charge in [0.2, 0.25) is 0 Å². The topological polar surface area (TPSA) is 69.6 Å². The number of anilines is 1. The van der Waals surface area contributed by atoms with Crippen molar-refractivity contribution in [3.63, 3.8) is 0 Å². The smallest absolute Gasteiger partial charge is 0.166 e. The van der Waals surface area contributed by atoms with Crippen molar-refractivity contribution in [2.45, 2.75) is 0 Å². The number of nitrogen functional groups attached to an aromatic ring is 1. The zero-order valence-corrected chi connectivity index (χ0v) is 8.41. The molecule has 78 valence electrons. The lowest BCUT2D eigenvalue weighted by molar-refractivity contribution is 0.809. The van der Waals surface area contributed by atoms with Crippen LogP contribution in [0.4, 0.5) is 5.82 Å². The fourth-order valence-electron chi connectivity index (χ4n) is 1.69. The van der Waals surface area contributed by atoms with Crippen LogP contribution in [0.5, 0.6) is 0 Å². The fourth-order valence-corrected chi connectivity index (χ4v) is 1.69. The van der Waals surface area contributed by atoms with Gasteiger partial charge in [-0.25, -0.2) is 4.68 Å². The number of pyridine rings is 1. The molecule has 0 bridgehead atoms. The van der Waals surface area contributed by atoms with Crippen molar-refractivity contribution in [3.8, 4) is 5.69 Å². The van der Waals surface area contributed by atoms with Crippen LogP contribution < -0.4 is 5.73 Å². The van der Waals surface area contributed by atoms with E-state index in [9.17, 15) is 0 Å². The predicted molar refractivity (Wildman–Crippen MR) is 61.1 cm³/mol. The molecule has 2 aromatic heterocycles. The molecule has 5 nitrogen and oxygen atoms in total. The number of nitrogens with two attached hydrogens (primary N) is 1. The van der Waals surface area contributed by atoms with E-state index < -0.39 is 0 Å². The molecular formula is C11H9N5. The highest BCUT2D eigenvalue weighted by Crippen LogP contribution is 2.20. The molecule has 2 heterocycles. The molecule has 0 saturated heterocycles. The Morgan fingerprint density at radius 2 is 2.12 bits per heavy atom. The molecule has 1 aromatic carbocycles. The Hall–Kier alpha value is -2.43. The molecule has 5 heteroatoms. The lowest BCUT2D eigenvalue weighted by atomic mass is 10.1. The predicted octanol–water partition coefficient (Wildman–Crippen LogP) is 1.40. The Balaban J connectivity index is 2.31. The van der Waals surface area contributed by atoms with Gasteiger partial charge >= 0.3 is 0 Å². The van der Waals surface area contributed by atoms with Gasteiger partial charge in [0.15, 0.2) is 5.82 Å². The summed E-state index contributed by atoms with van der Waals surface area (Å²) in [7, 11) is 0. The van der Waals surface area contributed by atoms with Crippen LogP contribution in [0.2, 0.25) is 0 Å². The Labute approximate surface area is 91.5 Å². The lowest BCUT2D eigenvalue weighted by Gasteiger charge is -2.04. The third-order valence-corrected chi connectivity index (χ3v) is 2.42. The zero-order chi connectivity index (χ0) is 11.0. The van der Waals surface area contributed by atoms with Crippen molar-refractivity contribution >= 4 is 16.6 Å². The molecule has 3 aromatic rings. The molecule has 0 aliphatic carbocycles. The highest BCUT2D eigenvalue weighted by Gasteiger charge is 2.04. The van der Waals surface area contributed by atoms with Crippen LogP contribution in [-0.4, -0.2) is 20.0 Å². The van der Waals surface area contributed by atoms with Crippen LogP contribution in [0.25, 0.3) is 16.5 Å². The number of benzene rings is 1. The molecule has 0 aliphatic rings. The quantitative estimate of drug-likeness (QED) is 0.660. The maximum absolute atomic E-state index is 5.55. The molecule has 0 spiro atoms. The average Bonchev–Trinajstić information content (AvgIpc) is 2.75. The largest absolute Gasteiger partial charge is 0.381 e. The van der Waals surface area contributed by atoms with Crippen LogP contribution in [0.3, 0.4) is 0 Å². The summed E-state index contributed by atoms with van der Waals surface area (Å²) in [6.45, 7) is 0. The highest BCUT2D eigenvalue weighted by molar-refractivity contribution is 5.89. The van der Waals surface area contributed by atoms with E-state index in [0.717, 1.165) is 16.5 Å². The van der Waals surface area contributed by atoms with E-state index in [4.69, 9.17) is 5.73 Å². The highest BCUT2D eigenvalue weighted by atomic mass is 15.4. The Kier molecular flexibility index (Phi) is 1.83. The van der Waals surface area contributed by atoms with E-state index in [1.54, 1.807) is 17.1 Å². The molecule has 0 fully saturated rings. The van der Waals surface area contributed by atoms with Crippen molar-refractivity contribution < 1.29 is 0 Å². The molecule has 0 unspecified atom stereocenters. The summed E-state index contributed by atoms with van der Waals surface area (Å²) in [5.74, 6) is 0.404. The van der Waals surface area contributed by atoms with Crippen molar-refractivity contribution in [2.75, 3.05) is 5.73 Å². The first-order valence-electron chi connectivity index (χ1n) is 4.85. The number of rotatable bonds is 1. The first kappa shape index (κ1) is 8.84. The lowest BCUT2D eigenvalue weighted by Crippen LogP contribution is -1.96. The van der Waals surface area contributed by atoms with Crippen LogP contribution in [0, 0.1) is 0 Å². The second-order valence-electron chi connectivity index (χ2n) is 3.46. The van der Waals surface area contributed by atoms with Gasteiger partial charge in [-0.05, 0) is 17.5 Å². The number of hydrogen-bond acceptors (Lipinski definition) is 4. The molecule has 0 radical (unpaired) electrons. The molecular weight excluding hydrogens is 202 g/mol. The van der Waals surface area contributed by atoms with Gasteiger partial charge in [-0.15, -0.1) is 5.10 Å². The Morgan fingerprint density at radius 3 is 2.94 bits per heavy atom. The van der Waals surface area contributed by atoms with Gasteiger partial charge in [0.25, 0.3) is 0 Å². The van der Waals surface area contributed by atoms with Crippen LogP contribution in [0.1, 0.15) is 0 Å². The molecule has 0 saturated carbocycles. The van der Waals surface area contributed by atoms with E-state index >= 15 is 0 Å². The second-order valence-corrected chi connectivity index (χ2v) is 3.46. The van der Waals surface area contributed by atoms with Gasteiger partial charge in [0.1, 0.15) is 0 Å². The third-order valence-electron chi connectivity index (χ3n) is 2.42. The summed E-state index contributed by atoms with van der Waals surface area (Å²) >= 11 is 0. The van der Waals surface area contributed by atoms with Crippen molar-refractivity contribution in [3.05, 3.63) is 42.9 Å². The van der Waals surface area contributed by atoms with Crippen molar-refractivity contribution in [2.24, 2.45) is 0 Å². The first-order chi connectivity index (χ1) is 7.84. The minimum Gasteiger partial charge on any atom is -0.381 e. The van der Waals surface area contributed by atoms with E-state index in [-0.39, 0.29) is 0 Å². The molecule has 0 atom stereocenters. The van der Waals surface area contributed by atoms with Crippen LogP contribution in [0.15, 0.2) is 42.9 Å². The summed E-state index contributed by atoms with van der Waals surface area (Å²) in [5, 5.41) is 9.86. The second kappa shape index (κ2) is 3.30. The van der Waals surface area contributed by atoms with Crippen molar-refractivity contribution in [1.82, 2.24) is 20.0 Å². The normalized spacial score (nSPS) is 10.8. The van der Waals surface area contributed by atoms with Gasteiger partial charge in [0, 0.05) is 17.8 Å². The van der Waals surface area contributed by atoms with E-state index in [1.165, 1.54) is 0 Å². The molecule has 2 N–H and O–H groups in total. The first-order valence-corrected chi connectivity index (χ1v) is 4.85. The zero-order valence-electron chi connectivity index (χ0n) is 8.41.